The van der Waals surface area contributed by atoms with E-state index in [9.17, 15) is 0 Å². The number of halogens is 1. The molecule has 6 nitrogen and oxygen atoms in total. The molecule has 2 rings (SSSR count). The zero-order valence-corrected chi connectivity index (χ0v) is 17.7. The molecule has 2 heterocycles. The average molecular weight is 460 g/mol. The molecule has 0 fully saturated rings. The van der Waals surface area contributed by atoms with Gasteiger partial charge in [0.2, 0.25) is 0 Å². The monoisotopic (exact) mass is 460 g/mol. The summed E-state index contributed by atoms with van der Waals surface area (Å²) in [6.45, 7) is 6.23. The molecule has 2 aromatic heterocycles. The summed E-state index contributed by atoms with van der Waals surface area (Å²) in [4.78, 5) is 16.5. The minimum atomic E-state index is 0. The number of aromatic nitrogens is 2. The number of nitrogens with one attached hydrogen (secondary N) is 2. The smallest absolute Gasteiger partial charge is 0.191 e. The van der Waals surface area contributed by atoms with Crippen LogP contribution in [0.25, 0.3) is 0 Å². The molecule has 0 aliphatic carbocycles. The van der Waals surface area contributed by atoms with Gasteiger partial charge in [-0.3, -0.25) is 0 Å². The predicted octanol–water partition coefficient (Wildman–Crippen LogP) is 2.79. The first-order chi connectivity index (χ1) is 11.1. The highest BCUT2D eigenvalue weighted by atomic mass is 127. The Bertz CT molecular complexity index is 656. The van der Waals surface area contributed by atoms with Crippen molar-refractivity contribution in [2.24, 2.45) is 4.99 Å². The molecule has 0 atom stereocenters. The van der Waals surface area contributed by atoms with Crippen LogP contribution in [0.3, 0.4) is 0 Å². The van der Waals surface area contributed by atoms with Crippen molar-refractivity contribution in [2.75, 3.05) is 25.5 Å². The molecule has 0 aromatic carbocycles. The highest BCUT2D eigenvalue weighted by Crippen LogP contribution is 2.11. The molecular formula is C16H25IN6S. The minimum absolute atomic E-state index is 0. The molecule has 8 heteroatoms. The second-order valence-electron chi connectivity index (χ2n) is 5.33. The first-order valence-electron chi connectivity index (χ1n) is 7.64. The summed E-state index contributed by atoms with van der Waals surface area (Å²) >= 11 is 1.70. The van der Waals surface area contributed by atoms with Crippen LogP contribution in [0.5, 0.6) is 0 Å². The molecule has 0 unspecified atom stereocenters. The summed E-state index contributed by atoms with van der Waals surface area (Å²) in [5, 5.41) is 7.64. The van der Waals surface area contributed by atoms with E-state index in [1.54, 1.807) is 11.3 Å². The van der Waals surface area contributed by atoms with Crippen molar-refractivity contribution < 1.29 is 0 Å². The molecule has 0 radical (unpaired) electrons. The van der Waals surface area contributed by atoms with Gasteiger partial charge in [-0.2, -0.15) is 0 Å². The maximum Gasteiger partial charge on any atom is 0.191 e. The Morgan fingerprint density at radius 2 is 2.08 bits per heavy atom. The molecule has 0 aliphatic heterocycles. The third-order valence-electron chi connectivity index (χ3n) is 3.11. The summed E-state index contributed by atoms with van der Waals surface area (Å²) in [5.41, 5.74) is 1.13. The van der Waals surface area contributed by atoms with E-state index < -0.39 is 0 Å². The van der Waals surface area contributed by atoms with Crippen LogP contribution in [0.4, 0.5) is 5.82 Å². The van der Waals surface area contributed by atoms with Gasteiger partial charge in [0.05, 0.1) is 13.1 Å². The maximum absolute atomic E-state index is 4.63. The number of aryl methyl sites for hydroxylation is 1. The lowest BCUT2D eigenvalue weighted by molar-refractivity contribution is 0.811. The molecular weight excluding hydrogens is 435 g/mol. The standard InChI is InChI=1S/C16H24N6S.HI/c1-5-17-16(21-11-15-19-9-12(2)23-15)20-10-13-6-7-18-14(8-13)22(3)4;/h6-9H,5,10-11H2,1-4H3,(H2,17,20,21);1H. The van der Waals surface area contributed by atoms with E-state index in [1.165, 1.54) is 4.88 Å². The van der Waals surface area contributed by atoms with Crippen LogP contribution in [-0.2, 0) is 13.1 Å². The van der Waals surface area contributed by atoms with E-state index in [0.29, 0.717) is 13.1 Å². The van der Waals surface area contributed by atoms with Gasteiger partial charge in [0, 0.05) is 37.9 Å². The quantitative estimate of drug-likeness (QED) is 0.395. The molecule has 0 amide bonds. The maximum atomic E-state index is 4.63. The minimum Gasteiger partial charge on any atom is -0.363 e. The zero-order valence-electron chi connectivity index (χ0n) is 14.5. The Kier molecular flexibility index (Phi) is 8.98. The van der Waals surface area contributed by atoms with Crippen molar-refractivity contribution in [1.29, 1.82) is 0 Å². The summed E-state index contributed by atoms with van der Waals surface area (Å²) in [5.74, 6) is 1.73. The molecule has 0 saturated carbocycles. The predicted molar refractivity (Wildman–Crippen MR) is 112 cm³/mol. The first-order valence-corrected chi connectivity index (χ1v) is 8.46. The third kappa shape index (κ3) is 6.60. The Morgan fingerprint density at radius 3 is 2.71 bits per heavy atom. The molecule has 132 valence electrons. The van der Waals surface area contributed by atoms with E-state index in [2.05, 4.69) is 45.5 Å². The highest BCUT2D eigenvalue weighted by Gasteiger charge is 2.03. The van der Waals surface area contributed by atoms with Gasteiger partial charge >= 0.3 is 0 Å². The number of guanidine groups is 1. The molecule has 0 bridgehead atoms. The van der Waals surface area contributed by atoms with Crippen LogP contribution in [0.2, 0.25) is 0 Å². The second-order valence-corrected chi connectivity index (χ2v) is 6.65. The van der Waals surface area contributed by atoms with Crippen molar-refractivity contribution in [1.82, 2.24) is 20.6 Å². The fraction of sp³-hybridized carbons (Fsp3) is 0.438. The third-order valence-corrected chi connectivity index (χ3v) is 4.02. The number of anilines is 1. The molecule has 24 heavy (non-hydrogen) atoms. The molecule has 2 aromatic rings. The van der Waals surface area contributed by atoms with Gasteiger partial charge in [-0.05, 0) is 31.5 Å². The number of aliphatic imine (C=N–C) groups is 1. The van der Waals surface area contributed by atoms with Crippen LogP contribution < -0.4 is 15.5 Å². The fourth-order valence-corrected chi connectivity index (χ4v) is 2.68. The number of nitrogens with zero attached hydrogens (tertiary/aromatic N) is 4. The number of hydrogen-bond acceptors (Lipinski definition) is 5. The van der Waals surface area contributed by atoms with Crippen LogP contribution >= 0.6 is 35.3 Å². The van der Waals surface area contributed by atoms with Gasteiger partial charge in [-0.1, -0.05) is 0 Å². The highest BCUT2D eigenvalue weighted by molar-refractivity contribution is 14.0. The first kappa shape index (κ1) is 20.6. The van der Waals surface area contributed by atoms with E-state index >= 15 is 0 Å². The second kappa shape index (κ2) is 10.4. The number of rotatable bonds is 6. The van der Waals surface area contributed by atoms with Crippen LogP contribution in [0.1, 0.15) is 22.4 Å². The van der Waals surface area contributed by atoms with Crippen LogP contribution in [0.15, 0.2) is 29.5 Å². The van der Waals surface area contributed by atoms with Crippen LogP contribution in [-0.4, -0.2) is 36.6 Å². The molecule has 0 saturated heterocycles. The lowest BCUT2D eigenvalue weighted by atomic mass is 10.2. The van der Waals surface area contributed by atoms with Gasteiger partial charge < -0.3 is 15.5 Å². The van der Waals surface area contributed by atoms with Gasteiger partial charge in [0.1, 0.15) is 10.8 Å². The van der Waals surface area contributed by atoms with Gasteiger partial charge in [0.25, 0.3) is 0 Å². The van der Waals surface area contributed by atoms with E-state index in [0.717, 1.165) is 28.9 Å². The average Bonchev–Trinajstić information content (AvgIpc) is 2.96. The van der Waals surface area contributed by atoms with Crippen molar-refractivity contribution >= 4 is 47.1 Å². The van der Waals surface area contributed by atoms with E-state index in [4.69, 9.17) is 0 Å². The zero-order chi connectivity index (χ0) is 16.7. The largest absolute Gasteiger partial charge is 0.363 e. The molecule has 0 spiro atoms. The van der Waals surface area contributed by atoms with Crippen LogP contribution in [0, 0.1) is 6.92 Å². The van der Waals surface area contributed by atoms with Crippen molar-refractivity contribution in [3.05, 3.63) is 40.0 Å². The SMILES string of the molecule is CCNC(=NCc1ccnc(N(C)C)c1)NCc1ncc(C)s1.I. The topological polar surface area (TPSA) is 65.4 Å². The van der Waals surface area contributed by atoms with Crippen molar-refractivity contribution in [3.8, 4) is 0 Å². The Labute approximate surface area is 164 Å². The van der Waals surface area contributed by atoms with Gasteiger partial charge in [-0.25, -0.2) is 15.0 Å². The summed E-state index contributed by atoms with van der Waals surface area (Å²) in [6, 6.07) is 4.04. The normalized spacial score (nSPS) is 10.9. The fourth-order valence-electron chi connectivity index (χ4n) is 1.96. The number of pyridine rings is 1. The lowest BCUT2D eigenvalue weighted by Crippen LogP contribution is -2.36. The van der Waals surface area contributed by atoms with Crippen molar-refractivity contribution in [3.63, 3.8) is 0 Å². The summed E-state index contributed by atoms with van der Waals surface area (Å²) < 4.78 is 0. The number of thiazole rings is 1. The Balaban J connectivity index is 0.00000288. The van der Waals surface area contributed by atoms with Gasteiger partial charge in [-0.15, -0.1) is 35.3 Å². The molecule has 0 aliphatic rings. The molecule has 2 N–H and O–H groups in total. The summed E-state index contributed by atoms with van der Waals surface area (Å²) in [7, 11) is 3.97. The van der Waals surface area contributed by atoms with E-state index in [-0.39, 0.29) is 24.0 Å². The summed E-state index contributed by atoms with van der Waals surface area (Å²) in [6.07, 6.45) is 3.71. The lowest BCUT2D eigenvalue weighted by Gasteiger charge is -2.12. The number of hydrogen-bond donors (Lipinski definition) is 2. The Morgan fingerprint density at radius 1 is 1.29 bits per heavy atom. The Hall–Kier alpha value is -1.42. The van der Waals surface area contributed by atoms with Gasteiger partial charge in [0.15, 0.2) is 5.96 Å². The van der Waals surface area contributed by atoms with Crippen molar-refractivity contribution in [2.45, 2.75) is 26.9 Å². The van der Waals surface area contributed by atoms with E-state index in [1.807, 2.05) is 37.5 Å².